The molecule has 1 aliphatic rings. The van der Waals surface area contributed by atoms with Crippen LogP contribution < -0.4 is 10.6 Å². The molecule has 1 aromatic carbocycles. The maximum atomic E-state index is 8.99. The molecule has 3 N–H and O–H groups in total. The predicted molar refractivity (Wildman–Crippen MR) is 85.6 cm³/mol. The summed E-state index contributed by atoms with van der Waals surface area (Å²) in [6.45, 7) is 2.18. The van der Waals surface area contributed by atoms with Crippen molar-refractivity contribution in [2.24, 2.45) is 10.9 Å². The maximum absolute atomic E-state index is 8.99. The summed E-state index contributed by atoms with van der Waals surface area (Å²) in [4.78, 5) is 4.57. The molecule has 0 bridgehead atoms. The number of nitrogens with zero attached hydrogens (tertiary/aromatic N) is 3. The molecule has 1 aromatic rings. The topological polar surface area (TPSA) is 65.1 Å². The van der Waals surface area contributed by atoms with Gasteiger partial charge >= 0.3 is 0 Å². The average molecular weight is 341 g/mol. The Morgan fingerprint density at radius 2 is 2.30 bits per heavy atom. The lowest BCUT2D eigenvalue weighted by Crippen LogP contribution is -2.45. The number of piperidine rings is 1. The van der Waals surface area contributed by atoms with Crippen LogP contribution in [0, 0.1) is 0 Å². The summed E-state index contributed by atoms with van der Waals surface area (Å²) in [5, 5.41) is 12.1. The molecule has 1 saturated heterocycles. The quantitative estimate of drug-likeness (QED) is 0.382. The van der Waals surface area contributed by atoms with Gasteiger partial charge in [-0.05, 0) is 54.5 Å². The second-order valence-electron chi connectivity index (χ2n) is 5.29. The minimum absolute atomic E-state index is 0.128. The Kier molecular flexibility index (Phi) is 4.88. The van der Waals surface area contributed by atoms with Gasteiger partial charge in [0.1, 0.15) is 0 Å². The van der Waals surface area contributed by atoms with E-state index in [9.17, 15) is 0 Å². The summed E-state index contributed by atoms with van der Waals surface area (Å²) in [6, 6.07) is 6.31. The zero-order chi connectivity index (χ0) is 14.7. The van der Waals surface area contributed by atoms with E-state index in [1.807, 2.05) is 18.2 Å². The number of rotatable bonds is 3. The van der Waals surface area contributed by atoms with E-state index in [0.717, 1.165) is 35.2 Å². The first-order valence-corrected chi connectivity index (χ1v) is 7.51. The Bertz CT molecular complexity index is 506. The van der Waals surface area contributed by atoms with Gasteiger partial charge in [0.25, 0.3) is 0 Å². The number of halogens is 1. The van der Waals surface area contributed by atoms with E-state index in [1.165, 1.54) is 6.42 Å². The van der Waals surface area contributed by atoms with Crippen LogP contribution in [-0.4, -0.2) is 49.2 Å². The van der Waals surface area contributed by atoms with E-state index in [-0.39, 0.29) is 5.84 Å². The van der Waals surface area contributed by atoms with Crippen molar-refractivity contribution < 1.29 is 5.21 Å². The van der Waals surface area contributed by atoms with Crippen molar-refractivity contribution in [2.75, 3.05) is 32.1 Å². The van der Waals surface area contributed by atoms with Crippen LogP contribution in [0.2, 0.25) is 0 Å². The van der Waals surface area contributed by atoms with Crippen molar-refractivity contribution in [3.8, 4) is 0 Å². The fourth-order valence-electron chi connectivity index (χ4n) is 2.76. The fraction of sp³-hybridized carbons (Fsp3) is 0.500. The second-order valence-corrected chi connectivity index (χ2v) is 6.14. The molecule has 110 valence electrons. The Balaban J connectivity index is 2.34. The van der Waals surface area contributed by atoms with Gasteiger partial charge in [0.2, 0.25) is 0 Å². The van der Waals surface area contributed by atoms with Crippen LogP contribution in [0.4, 0.5) is 5.69 Å². The van der Waals surface area contributed by atoms with Crippen molar-refractivity contribution >= 4 is 27.5 Å². The van der Waals surface area contributed by atoms with Crippen LogP contribution in [0.3, 0.4) is 0 Å². The molecule has 2 rings (SSSR count). The Labute approximate surface area is 128 Å². The Morgan fingerprint density at radius 1 is 1.55 bits per heavy atom. The van der Waals surface area contributed by atoms with Crippen molar-refractivity contribution in [3.63, 3.8) is 0 Å². The average Bonchev–Trinajstić information content (AvgIpc) is 2.45. The summed E-state index contributed by atoms with van der Waals surface area (Å²) < 4.78 is 0.835. The van der Waals surface area contributed by atoms with Crippen molar-refractivity contribution in [1.29, 1.82) is 0 Å². The van der Waals surface area contributed by atoms with Crippen molar-refractivity contribution in [1.82, 2.24) is 4.90 Å². The van der Waals surface area contributed by atoms with Crippen LogP contribution in [0.1, 0.15) is 18.4 Å². The van der Waals surface area contributed by atoms with Crippen LogP contribution in [-0.2, 0) is 0 Å². The van der Waals surface area contributed by atoms with Gasteiger partial charge in [0.05, 0.1) is 5.56 Å². The van der Waals surface area contributed by atoms with Gasteiger partial charge in [-0.2, -0.15) is 0 Å². The third-order valence-electron chi connectivity index (χ3n) is 3.88. The van der Waals surface area contributed by atoms with Crippen LogP contribution in [0.15, 0.2) is 27.8 Å². The molecule has 0 aromatic heterocycles. The van der Waals surface area contributed by atoms with E-state index in [2.05, 4.69) is 45.0 Å². The molecule has 1 atom stereocenters. The summed E-state index contributed by atoms with van der Waals surface area (Å²) in [5.74, 6) is 0.128. The zero-order valence-electron chi connectivity index (χ0n) is 11.9. The minimum atomic E-state index is 0.128. The van der Waals surface area contributed by atoms with Gasteiger partial charge in [0, 0.05) is 29.8 Å². The zero-order valence-corrected chi connectivity index (χ0v) is 13.5. The van der Waals surface area contributed by atoms with Gasteiger partial charge in [-0.3, -0.25) is 0 Å². The minimum Gasteiger partial charge on any atom is -0.409 e. The number of anilines is 1. The number of likely N-dealkylation sites (N-methyl/N-ethyl adjacent to an activating group) is 2. The smallest absolute Gasteiger partial charge is 0.173 e. The Hall–Kier alpha value is -1.27. The molecule has 1 unspecified atom stereocenters. The highest BCUT2D eigenvalue weighted by molar-refractivity contribution is 9.10. The van der Waals surface area contributed by atoms with E-state index in [1.54, 1.807) is 0 Å². The first-order valence-electron chi connectivity index (χ1n) is 6.72. The van der Waals surface area contributed by atoms with E-state index in [4.69, 9.17) is 10.9 Å². The molecule has 5 nitrogen and oxygen atoms in total. The Morgan fingerprint density at radius 3 is 2.95 bits per heavy atom. The third kappa shape index (κ3) is 3.07. The van der Waals surface area contributed by atoms with Gasteiger partial charge < -0.3 is 20.7 Å². The molecule has 1 heterocycles. The number of benzene rings is 1. The fourth-order valence-corrected chi connectivity index (χ4v) is 3.32. The molecule has 0 saturated carbocycles. The van der Waals surface area contributed by atoms with Gasteiger partial charge in [-0.15, -0.1) is 0 Å². The second kappa shape index (κ2) is 6.45. The molecular formula is C14H21BrN4O. The molecule has 1 fully saturated rings. The van der Waals surface area contributed by atoms with Gasteiger partial charge in [0.15, 0.2) is 5.84 Å². The van der Waals surface area contributed by atoms with Crippen LogP contribution in [0.5, 0.6) is 0 Å². The van der Waals surface area contributed by atoms with E-state index in [0.29, 0.717) is 6.04 Å². The molecule has 0 aliphatic carbocycles. The number of amidine groups is 1. The molecule has 0 radical (unpaired) electrons. The highest BCUT2D eigenvalue weighted by Gasteiger charge is 2.24. The first kappa shape index (κ1) is 15.1. The molecule has 6 heteroatoms. The number of likely N-dealkylation sites (tertiary alicyclic amines) is 1. The lowest BCUT2D eigenvalue weighted by Gasteiger charge is -2.38. The lowest BCUT2D eigenvalue weighted by atomic mass is 10.0. The molecule has 0 amide bonds. The monoisotopic (exact) mass is 340 g/mol. The molecular weight excluding hydrogens is 320 g/mol. The van der Waals surface area contributed by atoms with Crippen molar-refractivity contribution in [2.45, 2.75) is 18.9 Å². The summed E-state index contributed by atoms with van der Waals surface area (Å²) in [7, 11) is 4.21. The summed E-state index contributed by atoms with van der Waals surface area (Å²) in [6.07, 6.45) is 2.35. The first-order chi connectivity index (χ1) is 9.54. The van der Waals surface area contributed by atoms with Gasteiger partial charge in [-0.25, -0.2) is 0 Å². The summed E-state index contributed by atoms with van der Waals surface area (Å²) >= 11 is 3.48. The molecule has 20 heavy (non-hydrogen) atoms. The summed E-state index contributed by atoms with van der Waals surface area (Å²) in [5.41, 5.74) is 7.55. The lowest BCUT2D eigenvalue weighted by molar-refractivity contribution is 0.248. The number of nitrogens with two attached hydrogens (primary N) is 1. The highest BCUT2D eigenvalue weighted by Crippen LogP contribution is 2.30. The van der Waals surface area contributed by atoms with Crippen LogP contribution in [0.25, 0.3) is 0 Å². The molecule has 1 aliphatic heterocycles. The number of oxime groups is 1. The van der Waals surface area contributed by atoms with E-state index >= 15 is 0 Å². The normalized spacial score (nSPS) is 20.9. The predicted octanol–water partition coefficient (Wildman–Crippen LogP) is 2.07. The third-order valence-corrected chi connectivity index (χ3v) is 4.54. The standard InChI is InChI=1S/C14H21BrN4O/c1-18-8-4-5-10(9-18)19(2)12-7-3-6-11(15)13(12)14(16)17-20/h3,6-7,10,20H,4-5,8-9H2,1-2H3,(H2,16,17). The van der Waals surface area contributed by atoms with Crippen molar-refractivity contribution in [3.05, 3.63) is 28.2 Å². The van der Waals surface area contributed by atoms with Crippen LogP contribution >= 0.6 is 15.9 Å². The SMILES string of the molecule is CN1CCCC(N(C)c2cccc(Br)c2/C(N)=N/O)C1. The molecule has 0 spiro atoms. The maximum Gasteiger partial charge on any atom is 0.173 e. The highest BCUT2D eigenvalue weighted by atomic mass is 79.9. The van der Waals surface area contributed by atoms with Gasteiger partial charge in [-0.1, -0.05) is 11.2 Å². The van der Waals surface area contributed by atoms with E-state index < -0.39 is 0 Å². The number of hydrogen-bond acceptors (Lipinski definition) is 4. The largest absolute Gasteiger partial charge is 0.409 e. The number of hydrogen-bond donors (Lipinski definition) is 2.